The number of hydrogen-bond donors (Lipinski definition) is 1. The summed E-state index contributed by atoms with van der Waals surface area (Å²) in [5, 5.41) is 4.65. The second kappa shape index (κ2) is 9.15. The average molecular weight is 506 g/mol. The van der Waals surface area contributed by atoms with Crippen molar-refractivity contribution in [2.24, 2.45) is 4.99 Å². The molecule has 0 amide bonds. The van der Waals surface area contributed by atoms with E-state index in [1.54, 1.807) is 0 Å². The van der Waals surface area contributed by atoms with E-state index in [1.807, 2.05) is 42.6 Å². The summed E-state index contributed by atoms with van der Waals surface area (Å²) in [5.41, 5.74) is 4.80. The van der Waals surface area contributed by atoms with Gasteiger partial charge in [0.05, 0.1) is 17.3 Å². The van der Waals surface area contributed by atoms with Crippen LogP contribution in [0.1, 0.15) is 11.1 Å². The molecule has 3 aliphatic heterocycles. The SMILES string of the molecule is CN1CCN(c2ccc(Nc3ncc4c(n3)N3CCN=C3C(c3ccccc3Cl)=C4)c(Cl)c2)CC1. The fourth-order valence-electron chi connectivity index (χ4n) is 4.73. The van der Waals surface area contributed by atoms with E-state index in [0.717, 1.165) is 72.5 Å². The fourth-order valence-corrected chi connectivity index (χ4v) is 5.19. The number of anilines is 4. The second-order valence-electron chi connectivity index (χ2n) is 8.95. The Kier molecular flexibility index (Phi) is 5.84. The lowest BCUT2D eigenvalue weighted by Crippen LogP contribution is -2.44. The van der Waals surface area contributed by atoms with Crippen LogP contribution in [0.4, 0.5) is 23.1 Å². The lowest BCUT2D eigenvalue weighted by molar-refractivity contribution is 0.313. The van der Waals surface area contributed by atoms with Gasteiger partial charge < -0.3 is 20.0 Å². The van der Waals surface area contributed by atoms with E-state index >= 15 is 0 Å². The molecule has 0 unspecified atom stereocenters. The van der Waals surface area contributed by atoms with Crippen molar-refractivity contribution in [3.63, 3.8) is 0 Å². The van der Waals surface area contributed by atoms with Crippen LogP contribution >= 0.6 is 23.2 Å². The van der Waals surface area contributed by atoms with Gasteiger partial charge in [0.2, 0.25) is 5.95 Å². The first kappa shape index (κ1) is 22.3. The first-order valence-corrected chi connectivity index (χ1v) is 12.5. The van der Waals surface area contributed by atoms with Crippen molar-refractivity contribution in [1.82, 2.24) is 14.9 Å². The van der Waals surface area contributed by atoms with Gasteiger partial charge in [-0.1, -0.05) is 41.4 Å². The van der Waals surface area contributed by atoms with E-state index in [4.69, 9.17) is 33.2 Å². The molecule has 0 spiro atoms. The van der Waals surface area contributed by atoms with Gasteiger partial charge in [0, 0.05) is 66.3 Å². The summed E-state index contributed by atoms with van der Waals surface area (Å²) in [5.74, 6) is 2.23. The molecule has 178 valence electrons. The number of amidine groups is 1. The molecular formula is C26H25Cl2N7. The Balaban J connectivity index is 1.28. The first-order chi connectivity index (χ1) is 17.1. The maximum atomic E-state index is 6.65. The Bertz CT molecular complexity index is 1350. The zero-order valence-corrected chi connectivity index (χ0v) is 20.9. The predicted octanol–water partition coefficient (Wildman–Crippen LogP) is 5.05. The summed E-state index contributed by atoms with van der Waals surface area (Å²) in [6.07, 6.45) is 3.90. The Hall–Kier alpha value is -3.13. The summed E-state index contributed by atoms with van der Waals surface area (Å²) in [6.45, 7) is 5.57. The van der Waals surface area contributed by atoms with E-state index in [1.165, 1.54) is 0 Å². The number of hydrogen-bond acceptors (Lipinski definition) is 7. The number of halogens is 2. The van der Waals surface area contributed by atoms with Crippen molar-refractivity contribution in [3.8, 4) is 0 Å². The maximum absolute atomic E-state index is 6.65. The molecule has 35 heavy (non-hydrogen) atoms. The molecule has 7 nitrogen and oxygen atoms in total. The van der Waals surface area contributed by atoms with Crippen LogP contribution in [0.25, 0.3) is 11.6 Å². The van der Waals surface area contributed by atoms with Crippen LogP contribution in [0, 0.1) is 0 Å². The number of piperazine rings is 1. The van der Waals surface area contributed by atoms with Crippen LogP contribution in [-0.2, 0) is 0 Å². The van der Waals surface area contributed by atoms with Crippen molar-refractivity contribution in [2.75, 3.05) is 61.4 Å². The van der Waals surface area contributed by atoms with Crippen molar-refractivity contribution in [1.29, 1.82) is 0 Å². The number of nitrogens with zero attached hydrogens (tertiary/aromatic N) is 6. The number of rotatable bonds is 4. The largest absolute Gasteiger partial charge is 0.369 e. The standard InChI is InChI=1S/C26H25Cl2N7/c1-33-10-12-34(13-11-33)18-6-7-23(22(28)15-18)31-26-30-16-17-14-20(19-4-2-3-5-21(19)27)25-29-8-9-35(25)24(17)32-26/h2-7,14-16H,8-13H2,1H3,(H,30,31,32). The zero-order valence-electron chi connectivity index (χ0n) is 19.4. The van der Waals surface area contributed by atoms with E-state index in [9.17, 15) is 0 Å². The molecule has 0 saturated carbocycles. The minimum atomic E-state index is 0.499. The van der Waals surface area contributed by atoms with Gasteiger partial charge in [0.15, 0.2) is 0 Å². The van der Waals surface area contributed by atoms with Crippen LogP contribution < -0.4 is 15.1 Å². The van der Waals surface area contributed by atoms with Crippen LogP contribution in [0.5, 0.6) is 0 Å². The van der Waals surface area contributed by atoms with Crippen LogP contribution in [0.2, 0.25) is 10.0 Å². The van der Waals surface area contributed by atoms with E-state index in [0.29, 0.717) is 22.5 Å². The lowest BCUT2D eigenvalue weighted by atomic mass is 9.98. The van der Waals surface area contributed by atoms with Crippen molar-refractivity contribution in [3.05, 3.63) is 69.8 Å². The summed E-state index contributed by atoms with van der Waals surface area (Å²) in [6, 6.07) is 13.9. The summed E-state index contributed by atoms with van der Waals surface area (Å²) in [4.78, 5) is 21.0. The van der Waals surface area contributed by atoms with Gasteiger partial charge in [0.1, 0.15) is 11.7 Å². The van der Waals surface area contributed by atoms with Crippen LogP contribution in [0.15, 0.2) is 53.7 Å². The second-order valence-corrected chi connectivity index (χ2v) is 9.76. The van der Waals surface area contributed by atoms with E-state index in [2.05, 4.69) is 44.2 Å². The van der Waals surface area contributed by atoms with Gasteiger partial charge in [-0.3, -0.25) is 4.99 Å². The number of fused-ring (bicyclic) bond motifs is 3. The van der Waals surface area contributed by atoms with Gasteiger partial charge in [-0.25, -0.2) is 4.98 Å². The Morgan fingerprint density at radius 2 is 1.77 bits per heavy atom. The topological polar surface area (TPSA) is 59.9 Å². The number of aliphatic imine (C=N–C) groups is 1. The third-order valence-corrected chi connectivity index (χ3v) is 7.31. The molecule has 3 aromatic rings. The highest BCUT2D eigenvalue weighted by atomic mass is 35.5. The van der Waals surface area contributed by atoms with Gasteiger partial charge in [-0.15, -0.1) is 0 Å². The first-order valence-electron chi connectivity index (χ1n) is 11.7. The Morgan fingerprint density at radius 1 is 0.943 bits per heavy atom. The normalized spacial score (nSPS) is 17.6. The molecule has 4 heterocycles. The maximum Gasteiger partial charge on any atom is 0.229 e. The highest BCUT2D eigenvalue weighted by molar-refractivity contribution is 6.40. The van der Waals surface area contributed by atoms with Gasteiger partial charge in [-0.05, 0) is 37.4 Å². The van der Waals surface area contributed by atoms with Gasteiger partial charge in [0.25, 0.3) is 0 Å². The Morgan fingerprint density at radius 3 is 2.57 bits per heavy atom. The Labute approximate surface area is 214 Å². The smallest absolute Gasteiger partial charge is 0.229 e. The molecule has 0 bridgehead atoms. The van der Waals surface area contributed by atoms with Crippen molar-refractivity contribution in [2.45, 2.75) is 0 Å². The third kappa shape index (κ3) is 4.24. The van der Waals surface area contributed by atoms with Crippen molar-refractivity contribution < 1.29 is 0 Å². The van der Waals surface area contributed by atoms with Gasteiger partial charge in [-0.2, -0.15) is 4.98 Å². The van der Waals surface area contributed by atoms with Gasteiger partial charge >= 0.3 is 0 Å². The monoisotopic (exact) mass is 505 g/mol. The minimum Gasteiger partial charge on any atom is -0.369 e. The number of aromatic nitrogens is 2. The quantitative estimate of drug-likeness (QED) is 0.535. The van der Waals surface area contributed by atoms with Crippen LogP contribution in [-0.4, -0.2) is 67.0 Å². The molecule has 1 saturated heterocycles. The fraction of sp³-hybridized carbons (Fsp3) is 0.269. The molecule has 1 aromatic heterocycles. The molecule has 1 fully saturated rings. The average Bonchev–Trinajstić information content (AvgIpc) is 3.36. The highest BCUT2D eigenvalue weighted by Gasteiger charge is 2.31. The number of likely N-dealkylation sites (N-methyl/N-ethyl adjacent to an activating group) is 1. The zero-order chi connectivity index (χ0) is 23.9. The number of benzene rings is 2. The van der Waals surface area contributed by atoms with Crippen LogP contribution in [0.3, 0.4) is 0 Å². The molecule has 6 rings (SSSR count). The highest BCUT2D eigenvalue weighted by Crippen LogP contribution is 2.38. The predicted molar refractivity (Wildman–Crippen MR) is 145 cm³/mol. The molecular weight excluding hydrogens is 481 g/mol. The molecule has 1 N–H and O–H groups in total. The van der Waals surface area contributed by atoms with Crippen molar-refractivity contribution >= 4 is 63.8 Å². The molecule has 9 heteroatoms. The molecule has 0 atom stereocenters. The molecule has 2 aromatic carbocycles. The molecule has 0 radical (unpaired) electrons. The number of nitrogens with one attached hydrogen (secondary N) is 1. The summed E-state index contributed by atoms with van der Waals surface area (Å²) >= 11 is 13.2. The lowest BCUT2D eigenvalue weighted by Gasteiger charge is -2.34. The molecule has 3 aliphatic rings. The minimum absolute atomic E-state index is 0.499. The van der Waals surface area contributed by atoms with E-state index < -0.39 is 0 Å². The summed E-state index contributed by atoms with van der Waals surface area (Å²) in [7, 11) is 2.15. The summed E-state index contributed by atoms with van der Waals surface area (Å²) < 4.78 is 0. The molecule has 0 aliphatic carbocycles. The van der Waals surface area contributed by atoms with E-state index in [-0.39, 0.29) is 0 Å². The third-order valence-electron chi connectivity index (χ3n) is 6.66.